The topological polar surface area (TPSA) is 68.4 Å². The van der Waals surface area contributed by atoms with Gasteiger partial charge in [-0.25, -0.2) is 14.5 Å². The molecule has 1 aliphatic rings. The van der Waals surface area contributed by atoms with Gasteiger partial charge in [-0.2, -0.15) is 5.10 Å². The highest BCUT2D eigenvalue weighted by atomic mass is 16.5. The predicted molar refractivity (Wildman–Crippen MR) is 114 cm³/mol. The first-order valence-electron chi connectivity index (χ1n) is 10.3. The number of aromatic nitrogens is 5. The van der Waals surface area contributed by atoms with Crippen molar-refractivity contribution in [3.05, 3.63) is 72.6 Å². The fourth-order valence-corrected chi connectivity index (χ4v) is 4.17. The van der Waals surface area contributed by atoms with Crippen LogP contribution in [0.3, 0.4) is 0 Å². The van der Waals surface area contributed by atoms with Gasteiger partial charge in [0.2, 0.25) is 5.88 Å². The summed E-state index contributed by atoms with van der Waals surface area (Å²) in [6.45, 7) is 2.83. The van der Waals surface area contributed by atoms with E-state index in [-0.39, 0.29) is 0 Å². The van der Waals surface area contributed by atoms with Crippen LogP contribution in [0.1, 0.15) is 30.1 Å². The molecule has 4 aromatic heterocycles. The molecule has 1 fully saturated rings. The van der Waals surface area contributed by atoms with Crippen molar-refractivity contribution >= 4 is 5.65 Å². The van der Waals surface area contributed by atoms with Crippen LogP contribution in [0.5, 0.6) is 5.88 Å². The Hall–Kier alpha value is -3.32. The molecular formula is C23H24N6O. The number of fused-ring (bicyclic) bond motifs is 1. The average molecular weight is 400 g/mol. The van der Waals surface area contributed by atoms with Gasteiger partial charge < -0.3 is 4.74 Å². The monoisotopic (exact) mass is 400 g/mol. The number of piperidine rings is 1. The van der Waals surface area contributed by atoms with Crippen LogP contribution in [-0.2, 0) is 6.54 Å². The summed E-state index contributed by atoms with van der Waals surface area (Å²) >= 11 is 0. The SMILES string of the molecule is COc1ncccc1CN1CCCC(c2nc3ccc(-c4ccncc4)cn3n2)C1. The molecule has 30 heavy (non-hydrogen) atoms. The first-order chi connectivity index (χ1) is 14.8. The van der Waals surface area contributed by atoms with Gasteiger partial charge in [0.15, 0.2) is 11.5 Å². The maximum atomic E-state index is 5.42. The van der Waals surface area contributed by atoms with Crippen molar-refractivity contribution < 1.29 is 4.74 Å². The summed E-state index contributed by atoms with van der Waals surface area (Å²) in [7, 11) is 1.67. The van der Waals surface area contributed by atoms with Gasteiger partial charge in [0.1, 0.15) is 0 Å². The molecule has 0 bridgehead atoms. The van der Waals surface area contributed by atoms with E-state index < -0.39 is 0 Å². The highest BCUT2D eigenvalue weighted by molar-refractivity contribution is 5.63. The first kappa shape index (κ1) is 18.7. The van der Waals surface area contributed by atoms with Crippen molar-refractivity contribution in [3.63, 3.8) is 0 Å². The molecule has 0 aliphatic carbocycles. The van der Waals surface area contributed by atoms with E-state index >= 15 is 0 Å². The van der Waals surface area contributed by atoms with Gasteiger partial charge >= 0.3 is 0 Å². The van der Waals surface area contributed by atoms with Gasteiger partial charge in [0.25, 0.3) is 0 Å². The summed E-state index contributed by atoms with van der Waals surface area (Å²) in [6.07, 6.45) is 9.66. The number of methoxy groups -OCH3 is 1. The van der Waals surface area contributed by atoms with Gasteiger partial charge in [-0.05, 0) is 55.3 Å². The van der Waals surface area contributed by atoms with E-state index in [1.165, 1.54) is 0 Å². The Balaban J connectivity index is 1.36. The van der Waals surface area contributed by atoms with Gasteiger partial charge in [-0.1, -0.05) is 6.07 Å². The van der Waals surface area contributed by atoms with Crippen molar-refractivity contribution in [1.82, 2.24) is 29.5 Å². The highest BCUT2D eigenvalue weighted by Gasteiger charge is 2.25. The first-order valence-corrected chi connectivity index (χ1v) is 10.3. The van der Waals surface area contributed by atoms with E-state index in [1.807, 2.05) is 35.0 Å². The number of nitrogens with zero attached hydrogens (tertiary/aromatic N) is 6. The Morgan fingerprint density at radius 1 is 1.07 bits per heavy atom. The molecule has 0 aromatic carbocycles. The minimum absolute atomic E-state index is 0.325. The van der Waals surface area contributed by atoms with Crippen LogP contribution in [-0.4, -0.2) is 49.7 Å². The van der Waals surface area contributed by atoms with Crippen LogP contribution in [0.25, 0.3) is 16.8 Å². The Morgan fingerprint density at radius 3 is 2.83 bits per heavy atom. The van der Waals surface area contributed by atoms with Crippen LogP contribution in [0, 0.1) is 0 Å². The fourth-order valence-electron chi connectivity index (χ4n) is 4.17. The number of pyridine rings is 3. The molecule has 4 aromatic rings. The van der Waals surface area contributed by atoms with E-state index in [4.69, 9.17) is 14.8 Å². The molecule has 7 nitrogen and oxygen atoms in total. The zero-order valence-electron chi connectivity index (χ0n) is 17.0. The lowest BCUT2D eigenvalue weighted by molar-refractivity contribution is 0.194. The maximum Gasteiger partial charge on any atom is 0.217 e. The van der Waals surface area contributed by atoms with Crippen LogP contribution >= 0.6 is 0 Å². The Morgan fingerprint density at radius 2 is 1.97 bits per heavy atom. The Bertz CT molecular complexity index is 1140. The van der Waals surface area contributed by atoms with E-state index in [1.54, 1.807) is 25.7 Å². The number of ether oxygens (including phenoxy) is 1. The standard InChI is InChI=1S/C23H24N6O/c1-30-23-20(4-2-10-25-23)15-28-13-3-5-19(14-28)22-26-21-7-6-18(16-29(21)27-22)17-8-11-24-12-9-17/h2,4,6-12,16,19H,3,5,13-15H2,1H3. The molecule has 1 unspecified atom stereocenters. The molecule has 0 N–H and O–H groups in total. The lowest BCUT2D eigenvalue weighted by Crippen LogP contribution is -2.34. The maximum absolute atomic E-state index is 5.42. The third-order valence-corrected chi connectivity index (χ3v) is 5.67. The quantitative estimate of drug-likeness (QED) is 0.510. The number of likely N-dealkylation sites (tertiary alicyclic amines) is 1. The molecule has 7 heteroatoms. The number of hydrogen-bond acceptors (Lipinski definition) is 6. The molecule has 5 heterocycles. The smallest absolute Gasteiger partial charge is 0.217 e. The molecule has 0 amide bonds. The summed E-state index contributed by atoms with van der Waals surface area (Å²) in [5.74, 6) is 1.95. The van der Waals surface area contributed by atoms with Crippen molar-refractivity contribution in [2.45, 2.75) is 25.3 Å². The van der Waals surface area contributed by atoms with Gasteiger partial charge in [0.05, 0.1) is 7.11 Å². The van der Waals surface area contributed by atoms with Crippen LogP contribution < -0.4 is 4.74 Å². The third-order valence-electron chi connectivity index (χ3n) is 5.67. The Labute approximate surface area is 175 Å². The van der Waals surface area contributed by atoms with E-state index in [2.05, 4.69) is 27.0 Å². The highest BCUT2D eigenvalue weighted by Crippen LogP contribution is 2.28. The molecule has 0 spiro atoms. The molecule has 0 saturated carbocycles. The van der Waals surface area contributed by atoms with Crippen LogP contribution in [0.4, 0.5) is 0 Å². The summed E-state index contributed by atoms with van der Waals surface area (Å²) in [5.41, 5.74) is 4.23. The second-order valence-electron chi connectivity index (χ2n) is 7.67. The summed E-state index contributed by atoms with van der Waals surface area (Å²) in [4.78, 5) is 15.7. The fraction of sp³-hybridized carbons (Fsp3) is 0.304. The van der Waals surface area contributed by atoms with E-state index in [0.29, 0.717) is 11.8 Å². The lowest BCUT2D eigenvalue weighted by Gasteiger charge is -2.31. The predicted octanol–water partition coefficient (Wildman–Crippen LogP) is 3.57. The van der Waals surface area contributed by atoms with Crippen molar-refractivity contribution in [2.75, 3.05) is 20.2 Å². The normalized spacial score (nSPS) is 17.3. The molecule has 5 rings (SSSR count). The van der Waals surface area contributed by atoms with E-state index in [9.17, 15) is 0 Å². The zero-order chi connectivity index (χ0) is 20.3. The van der Waals surface area contributed by atoms with Gasteiger partial charge in [-0.15, -0.1) is 0 Å². The molecule has 0 radical (unpaired) electrons. The van der Waals surface area contributed by atoms with Crippen molar-refractivity contribution in [2.24, 2.45) is 0 Å². The van der Waals surface area contributed by atoms with Gasteiger partial charge in [-0.3, -0.25) is 9.88 Å². The largest absolute Gasteiger partial charge is 0.481 e. The van der Waals surface area contributed by atoms with Crippen molar-refractivity contribution in [1.29, 1.82) is 0 Å². The third kappa shape index (κ3) is 3.76. The molecule has 1 atom stereocenters. The van der Waals surface area contributed by atoms with Gasteiger partial charge in [0, 0.05) is 54.9 Å². The minimum Gasteiger partial charge on any atom is -0.481 e. The molecule has 1 aliphatic heterocycles. The minimum atomic E-state index is 0.325. The molecular weight excluding hydrogens is 376 g/mol. The molecule has 152 valence electrons. The molecule has 1 saturated heterocycles. The zero-order valence-corrected chi connectivity index (χ0v) is 17.0. The summed E-state index contributed by atoms with van der Waals surface area (Å²) in [6, 6.07) is 12.2. The summed E-state index contributed by atoms with van der Waals surface area (Å²) in [5, 5.41) is 4.82. The van der Waals surface area contributed by atoms with E-state index in [0.717, 1.165) is 60.6 Å². The number of hydrogen-bond donors (Lipinski definition) is 0. The van der Waals surface area contributed by atoms with Crippen LogP contribution in [0.2, 0.25) is 0 Å². The summed E-state index contributed by atoms with van der Waals surface area (Å²) < 4.78 is 7.31. The van der Waals surface area contributed by atoms with Crippen LogP contribution in [0.15, 0.2) is 61.2 Å². The number of rotatable bonds is 5. The second kappa shape index (κ2) is 8.20. The lowest BCUT2D eigenvalue weighted by atomic mass is 9.97. The van der Waals surface area contributed by atoms with Crippen molar-refractivity contribution in [3.8, 4) is 17.0 Å². The average Bonchev–Trinajstić information content (AvgIpc) is 3.24. The second-order valence-corrected chi connectivity index (χ2v) is 7.67. The Kier molecular flexibility index (Phi) is 5.11.